The maximum Gasteiger partial charge on any atom is 0.117 e. The van der Waals surface area contributed by atoms with Crippen molar-refractivity contribution in [3.63, 3.8) is 0 Å². The zero-order valence-electron chi connectivity index (χ0n) is 14.9. The van der Waals surface area contributed by atoms with Crippen LogP contribution in [0.3, 0.4) is 0 Å². The number of hydrogen-bond acceptors (Lipinski definition) is 5. The maximum atomic E-state index is 6.32. The summed E-state index contributed by atoms with van der Waals surface area (Å²) < 4.78 is 11.8. The van der Waals surface area contributed by atoms with Crippen LogP contribution >= 0.6 is 0 Å². The van der Waals surface area contributed by atoms with E-state index in [0.717, 1.165) is 57.8 Å². The second kappa shape index (κ2) is 7.28. The number of furan rings is 1. The fourth-order valence-electron chi connectivity index (χ4n) is 4.09. The molecule has 2 fully saturated rings. The highest BCUT2D eigenvalue weighted by molar-refractivity contribution is 5.10. The van der Waals surface area contributed by atoms with Gasteiger partial charge in [-0.15, -0.1) is 0 Å². The highest BCUT2D eigenvalue weighted by atomic mass is 16.5. The Bertz CT molecular complexity index is 651. The van der Waals surface area contributed by atoms with Gasteiger partial charge in [0.15, 0.2) is 0 Å². The molecule has 2 aliphatic rings. The number of likely N-dealkylation sites (N-methyl/N-ethyl adjacent to an activating group) is 1. The first-order valence-corrected chi connectivity index (χ1v) is 9.20. The average Bonchev–Trinajstić information content (AvgIpc) is 3.29. The summed E-state index contributed by atoms with van der Waals surface area (Å²) in [7, 11) is 2.17. The number of rotatable bonds is 5. The largest absolute Gasteiger partial charge is 0.468 e. The first kappa shape index (κ1) is 16.8. The molecule has 0 unspecified atom stereocenters. The molecule has 25 heavy (non-hydrogen) atoms. The van der Waals surface area contributed by atoms with Crippen molar-refractivity contribution in [1.82, 2.24) is 14.8 Å². The third-order valence-electron chi connectivity index (χ3n) is 5.72. The van der Waals surface area contributed by atoms with Crippen molar-refractivity contribution in [2.24, 2.45) is 0 Å². The number of aromatic nitrogens is 1. The van der Waals surface area contributed by atoms with Crippen LogP contribution < -0.4 is 0 Å². The van der Waals surface area contributed by atoms with Gasteiger partial charge in [-0.3, -0.25) is 14.8 Å². The second-order valence-electron chi connectivity index (χ2n) is 7.48. The van der Waals surface area contributed by atoms with Gasteiger partial charge in [-0.25, -0.2) is 0 Å². The summed E-state index contributed by atoms with van der Waals surface area (Å²) in [5.74, 6) is 1.02. The van der Waals surface area contributed by atoms with E-state index in [1.807, 2.05) is 24.5 Å². The first-order valence-electron chi connectivity index (χ1n) is 9.20. The van der Waals surface area contributed by atoms with E-state index in [0.29, 0.717) is 6.04 Å². The molecule has 2 saturated heterocycles. The van der Waals surface area contributed by atoms with Crippen LogP contribution in [0, 0.1) is 0 Å². The van der Waals surface area contributed by atoms with Gasteiger partial charge in [-0.05, 0) is 56.1 Å². The third-order valence-corrected chi connectivity index (χ3v) is 5.72. The van der Waals surface area contributed by atoms with Gasteiger partial charge in [-0.1, -0.05) is 0 Å². The predicted octanol–water partition coefficient (Wildman–Crippen LogP) is 2.93. The zero-order valence-corrected chi connectivity index (χ0v) is 14.9. The van der Waals surface area contributed by atoms with E-state index in [2.05, 4.69) is 34.0 Å². The zero-order chi connectivity index (χ0) is 17.1. The molecule has 5 heteroatoms. The highest BCUT2D eigenvalue weighted by Crippen LogP contribution is 2.38. The minimum atomic E-state index is 0.0802. The number of likely N-dealkylation sites (tertiary alicyclic amines) is 1. The highest BCUT2D eigenvalue weighted by Gasteiger charge is 2.43. The van der Waals surface area contributed by atoms with Gasteiger partial charge >= 0.3 is 0 Å². The summed E-state index contributed by atoms with van der Waals surface area (Å²) in [6.45, 7) is 4.92. The van der Waals surface area contributed by atoms with Crippen LogP contribution in [0.4, 0.5) is 0 Å². The van der Waals surface area contributed by atoms with Crippen LogP contribution in [0.2, 0.25) is 0 Å². The quantitative estimate of drug-likeness (QED) is 0.836. The van der Waals surface area contributed by atoms with Crippen molar-refractivity contribution < 1.29 is 9.15 Å². The Hall–Kier alpha value is -1.69. The topological polar surface area (TPSA) is 41.7 Å². The molecule has 0 saturated carbocycles. The van der Waals surface area contributed by atoms with Crippen LogP contribution in [-0.2, 0) is 17.8 Å². The van der Waals surface area contributed by atoms with Crippen molar-refractivity contribution >= 4 is 0 Å². The summed E-state index contributed by atoms with van der Waals surface area (Å²) in [6.07, 6.45) is 8.88. The molecule has 4 heterocycles. The lowest BCUT2D eigenvalue weighted by molar-refractivity contribution is -0.0452. The van der Waals surface area contributed by atoms with Crippen molar-refractivity contribution in [1.29, 1.82) is 0 Å². The molecule has 1 spiro atoms. The monoisotopic (exact) mass is 341 g/mol. The lowest BCUT2D eigenvalue weighted by Gasteiger charge is -2.39. The summed E-state index contributed by atoms with van der Waals surface area (Å²) in [6, 6.07) is 8.69. The fraction of sp³-hybridized carbons (Fsp3) is 0.550. The Morgan fingerprint density at radius 1 is 1.24 bits per heavy atom. The molecule has 1 atom stereocenters. The Balaban J connectivity index is 1.28. The smallest absolute Gasteiger partial charge is 0.117 e. The average molecular weight is 341 g/mol. The van der Waals surface area contributed by atoms with Gasteiger partial charge in [0, 0.05) is 38.1 Å². The number of hydrogen-bond donors (Lipinski definition) is 0. The molecule has 0 aliphatic carbocycles. The van der Waals surface area contributed by atoms with Crippen LogP contribution in [-0.4, -0.2) is 53.2 Å². The molecule has 0 radical (unpaired) electrons. The minimum absolute atomic E-state index is 0.0802. The lowest BCUT2D eigenvalue weighted by atomic mass is 9.87. The van der Waals surface area contributed by atoms with Crippen LogP contribution in [0.25, 0.3) is 0 Å². The normalized spacial score (nSPS) is 23.5. The molecule has 2 aromatic heterocycles. The molecule has 5 nitrogen and oxygen atoms in total. The number of pyridine rings is 1. The summed E-state index contributed by atoms with van der Waals surface area (Å²) in [5, 5.41) is 0. The molecule has 134 valence electrons. The molecule has 0 aromatic carbocycles. The van der Waals surface area contributed by atoms with Crippen molar-refractivity contribution in [2.45, 2.75) is 44.0 Å². The molecule has 0 N–H and O–H groups in total. The van der Waals surface area contributed by atoms with Gasteiger partial charge in [0.2, 0.25) is 0 Å². The lowest BCUT2D eigenvalue weighted by Crippen LogP contribution is -2.44. The Morgan fingerprint density at radius 3 is 2.76 bits per heavy atom. The Kier molecular flexibility index (Phi) is 4.88. The first-order chi connectivity index (χ1) is 12.2. The molecule has 2 aliphatic heterocycles. The number of piperidine rings is 1. The van der Waals surface area contributed by atoms with Crippen LogP contribution in [0.15, 0.2) is 47.3 Å². The minimum Gasteiger partial charge on any atom is -0.468 e. The van der Waals surface area contributed by atoms with E-state index < -0.39 is 0 Å². The second-order valence-corrected chi connectivity index (χ2v) is 7.48. The standard InChI is InChI=1S/C20H27N3O2/c1-22(15-19-3-2-12-24-19)18-13-20(25-16-18)6-10-23(11-7-20)14-17-4-8-21-9-5-17/h2-5,8-9,12,18H,6-7,10-11,13-16H2,1H3/t18-/m0/s1. The van der Waals surface area contributed by atoms with Crippen LogP contribution in [0.5, 0.6) is 0 Å². The Labute approximate surface area is 149 Å². The molecular formula is C20H27N3O2. The van der Waals surface area contributed by atoms with Gasteiger partial charge < -0.3 is 9.15 Å². The van der Waals surface area contributed by atoms with Crippen molar-refractivity contribution in [2.75, 3.05) is 26.7 Å². The van der Waals surface area contributed by atoms with Gasteiger partial charge in [0.05, 0.1) is 25.0 Å². The number of ether oxygens (including phenoxy) is 1. The molecule has 2 aromatic rings. The number of nitrogens with zero attached hydrogens (tertiary/aromatic N) is 3. The third kappa shape index (κ3) is 3.94. The SMILES string of the molecule is CN(Cc1ccco1)[C@@H]1COC2(CCN(Cc3ccncc3)CC2)C1. The molecule has 0 bridgehead atoms. The van der Waals surface area contributed by atoms with E-state index in [1.54, 1.807) is 6.26 Å². The predicted molar refractivity (Wildman–Crippen MR) is 96.0 cm³/mol. The van der Waals surface area contributed by atoms with E-state index in [9.17, 15) is 0 Å². The van der Waals surface area contributed by atoms with Gasteiger partial charge in [0.1, 0.15) is 5.76 Å². The van der Waals surface area contributed by atoms with Gasteiger partial charge in [0.25, 0.3) is 0 Å². The van der Waals surface area contributed by atoms with E-state index in [-0.39, 0.29) is 5.60 Å². The summed E-state index contributed by atoms with van der Waals surface area (Å²) >= 11 is 0. The van der Waals surface area contributed by atoms with Crippen molar-refractivity contribution in [3.8, 4) is 0 Å². The summed E-state index contributed by atoms with van der Waals surface area (Å²) in [4.78, 5) is 9.00. The van der Waals surface area contributed by atoms with Gasteiger partial charge in [-0.2, -0.15) is 0 Å². The summed E-state index contributed by atoms with van der Waals surface area (Å²) in [5.41, 5.74) is 1.42. The van der Waals surface area contributed by atoms with E-state index in [1.165, 1.54) is 5.56 Å². The van der Waals surface area contributed by atoms with Crippen molar-refractivity contribution in [3.05, 3.63) is 54.2 Å². The molecule has 0 amide bonds. The maximum absolute atomic E-state index is 6.32. The van der Waals surface area contributed by atoms with E-state index >= 15 is 0 Å². The fourth-order valence-corrected chi connectivity index (χ4v) is 4.09. The van der Waals surface area contributed by atoms with Crippen LogP contribution in [0.1, 0.15) is 30.6 Å². The van der Waals surface area contributed by atoms with E-state index in [4.69, 9.17) is 9.15 Å². The Morgan fingerprint density at radius 2 is 2.04 bits per heavy atom. The molecular weight excluding hydrogens is 314 g/mol. The molecule has 4 rings (SSSR count).